The van der Waals surface area contributed by atoms with E-state index in [9.17, 15) is 4.79 Å². The molecule has 4 heteroatoms. The van der Waals surface area contributed by atoms with Crippen LogP contribution in [0.1, 0.15) is 20.3 Å². The SMILES string of the molecule is CCOC(=O)[C@@](C)(CCN)COC. The van der Waals surface area contributed by atoms with Crippen molar-refractivity contribution in [1.82, 2.24) is 0 Å². The Balaban J connectivity index is 4.27. The Bertz CT molecular complexity index is 153. The van der Waals surface area contributed by atoms with Crippen LogP contribution in [0.25, 0.3) is 0 Å². The molecule has 78 valence electrons. The molecule has 2 N–H and O–H groups in total. The number of hydrogen-bond acceptors (Lipinski definition) is 4. The van der Waals surface area contributed by atoms with Crippen molar-refractivity contribution in [3.8, 4) is 0 Å². The normalized spacial score (nSPS) is 15.1. The molecule has 0 saturated carbocycles. The minimum atomic E-state index is -0.598. The summed E-state index contributed by atoms with van der Waals surface area (Å²) in [4.78, 5) is 11.5. The molecule has 0 fully saturated rings. The lowest BCUT2D eigenvalue weighted by Gasteiger charge is -2.25. The molecule has 0 amide bonds. The molecule has 0 aliphatic carbocycles. The zero-order valence-electron chi connectivity index (χ0n) is 8.63. The van der Waals surface area contributed by atoms with Crippen molar-refractivity contribution in [2.75, 3.05) is 26.9 Å². The van der Waals surface area contributed by atoms with Gasteiger partial charge < -0.3 is 15.2 Å². The maximum atomic E-state index is 11.5. The summed E-state index contributed by atoms with van der Waals surface area (Å²) in [5.41, 5.74) is 4.82. The molecule has 1 atom stereocenters. The minimum Gasteiger partial charge on any atom is -0.466 e. The largest absolute Gasteiger partial charge is 0.466 e. The number of rotatable bonds is 6. The van der Waals surface area contributed by atoms with Crippen molar-refractivity contribution in [3.63, 3.8) is 0 Å². The Morgan fingerprint density at radius 3 is 2.54 bits per heavy atom. The lowest BCUT2D eigenvalue weighted by molar-refractivity contribution is -0.157. The zero-order valence-corrected chi connectivity index (χ0v) is 8.63. The monoisotopic (exact) mass is 189 g/mol. The molecule has 0 aliphatic rings. The van der Waals surface area contributed by atoms with E-state index in [1.807, 2.05) is 0 Å². The molecule has 0 aromatic carbocycles. The fourth-order valence-corrected chi connectivity index (χ4v) is 1.18. The van der Waals surface area contributed by atoms with E-state index in [1.54, 1.807) is 21.0 Å². The van der Waals surface area contributed by atoms with Gasteiger partial charge in [-0.05, 0) is 26.8 Å². The van der Waals surface area contributed by atoms with Crippen LogP contribution in [0.5, 0.6) is 0 Å². The highest BCUT2D eigenvalue weighted by atomic mass is 16.5. The average molecular weight is 189 g/mol. The molecule has 0 radical (unpaired) electrons. The smallest absolute Gasteiger partial charge is 0.314 e. The van der Waals surface area contributed by atoms with Gasteiger partial charge >= 0.3 is 5.97 Å². The molecule has 0 bridgehead atoms. The predicted molar refractivity (Wildman–Crippen MR) is 50.3 cm³/mol. The van der Waals surface area contributed by atoms with Gasteiger partial charge in [0.2, 0.25) is 0 Å². The Morgan fingerprint density at radius 1 is 1.54 bits per heavy atom. The van der Waals surface area contributed by atoms with Gasteiger partial charge in [0.1, 0.15) is 0 Å². The van der Waals surface area contributed by atoms with E-state index in [1.165, 1.54) is 0 Å². The molecule has 0 aromatic rings. The van der Waals surface area contributed by atoms with Gasteiger partial charge in [0.25, 0.3) is 0 Å². The van der Waals surface area contributed by atoms with Crippen molar-refractivity contribution in [3.05, 3.63) is 0 Å². The van der Waals surface area contributed by atoms with E-state index < -0.39 is 5.41 Å². The molecular weight excluding hydrogens is 170 g/mol. The zero-order chi connectivity index (χ0) is 10.3. The summed E-state index contributed by atoms with van der Waals surface area (Å²) in [6, 6.07) is 0. The molecule has 13 heavy (non-hydrogen) atoms. The van der Waals surface area contributed by atoms with Crippen molar-refractivity contribution in [2.45, 2.75) is 20.3 Å². The Morgan fingerprint density at radius 2 is 2.15 bits per heavy atom. The van der Waals surface area contributed by atoms with Gasteiger partial charge in [-0.25, -0.2) is 0 Å². The van der Waals surface area contributed by atoms with E-state index in [4.69, 9.17) is 15.2 Å². The van der Waals surface area contributed by atoms with Crippen LogP contribution in [0.4, 0.5) is 0 Å². The lowest BCUT2D eigenvalue weighted by atomic mass is 9.88. The summed E-state index contributed by atoms with van der Waals surface area (Å²) in [6.07, 6.45) is 0.583. The summed E-state index contributed by atoms with van der Waals surface area (Å²) in [6.45, 7) is 4.79. The summed E-state index contributed by atoms with van der Waals surface area (Å²) in [5.74, 6) is -0.234. The first-order valence-corrected chi connectivity index (χ1v) is 4.47. The molecular formula is C9H19NO3. The van der Waals surface area contributed by atoms with Crippen molar-refractivity contribution < 1.29 is 14.3 Å². The standard InChI is InChI=1S/C9H19NO3/c1-4-13-8(11)9(2,5-6-10)7-12-3/h4-7,10H2,1-3H3/t9-/m0/s1. The van der Waals surface area contributed by atoms with Gasteiger partial charge in [-0.2, -0.15) is 0 Å². The summed E-state index contributed by atoms with van der Waals surface area (Å²) in [5, 5.41) is 0. The third-order valence-electron chi connectivity index (χ3n) is 1.93. The quantitative estimate of drug-likeness (QED) is 0.620. The number of ether oxygens (including phenoxy) is 2. The fourth-order valence-electron chi connectivity index (χ4n) is 1.18. The molecule has 0 spiro atoms. The molecule has 0 aromatic heterocycles. The average Bonchev–Trinajstić information content (AvgIpc) is 2.05. The van der Waals surface area contributed by atoms with E-state index in [0.29, 0.717) is 26.2 Å². The maximum absolute atomic E-state index is 11.5. The second-order valence-corrected chi connectivity index (χ2v) is 3.25. The number of nitrogens with two attached hydrogens (primary N) is 1. The molecule has 0 unspecified atom stereocenters. The van der Waals surface area contributed by atoms with Crippen LogP contribution in [-0.2, 0) is 14.3 Å². The number of esters is 1. The summed E-state index contributed by atoms with van der Waals surface area (Å²) >= 11 is 0. The third-order valence-corrected chi connectivity index (χ3v) is 1.93. The maximum Gasteiger partial charge on any atom is 0.314 e. The van der Waals surface area contributed by atoms with Gasteiger partial charge in [-0.1, -0.05) is 0 Å². The number of carbonyl (C=O) groups is 1. The first-order valence-electron chi connectivity index (χ1n) is 4.47. The number of methoxy groups -OCH3 is 1. The van der Waals surface area contributed by atoms with Crippen LogP contribution in [-0.4, -0.2) is 32.8 Å². The molecule has 0 heterocycles. The van der Waals surface area contributed by atoms with Gasteiger partial charge in [-0.15, -0.1) is 0 Å². The van der Waals surface area contributed by atoms with Crippen LogP contribution < -0.4 is 5.73 Å². The van der Waals surface area contributed by atoms with Crippen molar-refractivity contribution in [2.24, 2.45) is 11.1 Å². The summed E-state index contributed by atoms with van der Waals surface area (Å²) in [7, 11) is 1.56. The van der Waals surface area contributed by atoms with Crippen LogP contribution in [0, 0.1) is 5.41 Å². The van der Waals surface area contributed by atoms with Gasteiger partial charge in [0.05, 0.1) is 18.6 Å². The van der Waals surface area contributed by atoms with Crippen LogP contribution >= 0.6 is 0 Å². The van der Waals surface area contributed by atoms with Crippen LogP contribution in [0.15, 0.2) is 0 Å². The topological polar surface area (TPSA) is 61.5 Å². The Kier molecular flexibility index (Phi) is 5.66. The highest BCUT2D eigenvalue weighted by molar-refractivity contribution is 5.76. The Labute approximate surface area is 79.4 Å². The first kappa shape index (κ1) is 12.4. The first-order chi connectivity index (χ1) is 6.10. The van der Waals surface area contributed by atoms with E-state index in [0.717, 1.165) is 0 Å². The highest BCUT2D eigenvalue weighted by Gasteiger charge is 2.33. The Hall–Kier alpha value is -0.610. The van der Waals surface area contributed by atoms with Gasteiger partial charge in [0.15, 0.2) is 0 Å². The van der Waals surface area contributed by atoms with Crippen molar-refractivity contribution >= 4 is 5.97 Å². The van der Waals surface area contributed by atoms with Crippen LogP contribution in [0.3, 0.4) is 0 Å². The number of carbonyl (C=O) groups excluding carboxylic acids is 1. The molecule has 0 aliphatic heterocycles. The second-order valence-electron chi connectivity index (χ2n) is 3.25. The van der Waals surface area contributed by atoms with E-state index >= 15 is 0 Å². The number of hydrogen-bond donors (Lipinski definition) is 1. The summed E-state index contributed by atoms with van der Waals surface area (Å²) < 4.78 is 9.91. The third kappa shape index (κ3) is 3.74. The predicted octanol–water partition coefficient (Wildman–Crippen LogP) is 0.551. The van der Waals surface area contributed by atoms with Crippen LogP contribution in [0.2, 0.25) is 0 Å². The molecule has 0 rings (SSSR count). The fraction of sp³-hybridized carbons (Fsp3) is 0.889. The second kappa shape index (κ2) is 5.94. The lowest BCUT2D eigenvalue weighted by Crippen LogP contribution is -2.36. The molecule has 4 nitrogen and oxygen atoms in total. The van der Waals surface area contributed by atoms with Gasteiger partial charge in [0, 0.05) is 7.11 Å². The van der Waals surface area contributed by atoms with Crippen molar-refractivity contribution in [1.29, 1.82) is 0 Å². The van der Waals surface area contributed by atoms with Gasteiger partial charge in [-0.3, -0.25) is 4.79 Å². The van der Waals surface area contributed by atoms with E-state index in [2.05, 4.69) is 0 Å². The van der Waals surface area contributed by atoms with E-state index in [-0.39, 0.29) is 5.97 Å². The molecule has 0 saturated heterocycles. The highest BCUT2D eigenvalue weighted by Crippen LogP contribution is 2.22. The minimum absolute atomic E-state index is 0.234.